The lowest BCUT2D eigenvalue weighted by Crippen LogP contribution is -2.65. The Morgan fingerprint density at radius 2 is 1.77 bits per heavy atom. The minimum atomic E-state index is -2.75. The van der Waals surface area contributed by atoms with Gasteiger partial charge in [0.1, 0.15) is 35.0 Å². The van der Waals surface area contributed by atoms with Crippen molar-refractivity contribution in [3.8, 4) is 5.75 Å². The molecule has 1 amide bonds. The van der Waals surface area contributed by atoms with Crippen molar-refractivity contribution in [1.29, 1.82) is 0 Å². The van der Waals surface area contributed by atoms with Gasteiger partial charge < -0.3 is 40.5 Å². The summed E-state index contributed by atoms with van der Waals surface area (Å²) in [7, 11) is 7.89. The summed E-state index contributed by atoms with van der Waals surface area (Å²) in [6.45, 7) is 0.0226. The van der Waals surface area contributed by atoms with E-state index in [9.17, 15) is 39.6 Å². The quantitative estimate of drug-likeness (QED) is 0.168. The molecule has 6 N–H and O–H groups in total. The van der Waals surface area contributed by atoms with Gasteiger partial charge in [-0.1, -0.05) is 0 Å². The van der Waals surface area contributed by atoms with E-state index in [0.717, 1.165) is 0 Å². The first-order chi connectivity index (χ1) is 18.7. The van der Waals surface area contributed by atoms with Crippen molar-refractivity contribution < 1.29 is 49.1 Å². The summed E-state index contributed by atoms with van der Waals surface area (Å²) in [6, 6.07) is 0.242. The van der Waals surface area contributed by atoms with Crippen molar-refractivity contribution in [3.63, 3.8) is 0 Å². The average Bonchev–Trinajstić information content (AvgIpc) is 2.85. The van der Waals surface area contributed by atoms with E-state index in [1.54, 1.807) is 19.0 Å². The normalized spacial score (nSPS) is 25.9. The van der Waals surface area contributed by atoms with Crippen LogP contribution in [0, 0.1) is 11.8 Å². The molecular weight excluding hydrogens is 526 g/mol. The topological polar surface area (TPSA) is 200 Å². The number of primary amides is 1. The molecule has 0 heterocycles. The Kier molecular flexibility index (Phi) is 7.43. The number of aliphatic hydroxyl groups excluding tert-OH is 2. The maximum absolute atomic E-state index is 14.0. The molecule has 1 saturated carbocycles. The van der Waals surface area contributed by atoms with Crippen LogP contribution in [0.25, 0.3) is 5.76 Å². The Morgan fingerprint density at radius 3 is 2.33 bits per heavy atom. The number of anilines is 1. The number of carbonyl (C=O) groups excluding carboxylic acids is 4. The van der Waals surface area contributed by atoms with Crippen molar-refractivity contribution in [1.82, 2.24) is 4.90 Å². The van der Waals surface area contributed by atoms with E-state index < -0.39 is 69.8 Å². The number of aliphatic hydroxyl groups is 3. The van der Waals surface area contributed by atoms with Gasteiger partial charge in [-0.05, 0) is 44.5 Å². The van der Waals surface area contributed by atoms with Crippen LogP contribution in [0.4, 0.5) is 5.69 Å². The number of hydrogen-bond acceptors (Lipinski definition) is 12. The monoisotopic (exact) mass is 559 g/mol. The van der Waals surface area contributed by atoms with Gasteiger partial charge in [-0.2, -0.15) is 0 Å². The number of aromatic hydroxyl groups is 1. The van der Waals surface area contributed by atoms with Crippen LogP contribution in [-0.2, 0) is 30.3 Å². The number of nitrogens with zero attached hydrogens (tertiary/aromatic N) is 2. The largest absolute Gasteiger partial charge is 0.508 e. The first-order valence-electron chi connectivity index (χ1n) is 12.6. The minimum Gasteiger partial charge on any atom is -0.508 e. The number of carbonyl (C=O) groups is 4. The number of methoxy groups -OCH3 is 1. The number of nitrogens with two attached hydrogens (primary N) is 1. The second-order valence-corrected chi connectivity index (χ2v) is 10.6. The van der Waals surface area contributed by atoms with E-state index >= 15 is 0 Å². The number of benzene rings is 1. The molecule has 216 valence electrons. The number of amides is 1. The SMILES string of the molecule is COCCOC(=O)c1cc(N(C)C)c2c(c1O)C(O)=C1C(=O)[C@]3(O)C(O)=C(C(N)=O)C(=O)[C@@H](N(C)C)[C@@H]3C[C@@H]1C2. The first kappa shape index (κ1) is 29.1. The maximum atomic E-state index is 14.0. The van der Waals surface area contributed by atoms with Gasteiger partial charge in [0.15, 0.2) is 11.4 Å². The molecule has 4 rings (SSSR count). The molecule has 1 fully saturated rings. The molecule has 4 atom stereocenters. The highest BCUT2D eigenvalue weighted by atomic mass is 16.6. The van der Waals surface area contributed by atoms with Crippen molar-refractivity contribution >= 4 is 34.9 Å². The highest BCUT2D eigenvalue weighted by Crippen LogP contribution is 2.54. The van der Waals surface area contributed by atoms with E-state index in [1.807, 2.05) is 0 Å². The molecule has 0 bridgehead atoms. The van der Waals surface area contributed by atoms with Crippen LogP contribution in [0.2, 0.25) is 0 Å². The van der Waals surface area contributed by atoms with Crippen LogP contribution in [0.1, 0.15) is 27.9 Å². The highest BCUT2D eigenvalue weighted by molar-refractivity contribution is 6.24. The van der Waals surface area contributed by atoms with Gasteiger partial charge in [0.2, 0.25) is 5.78 Å². The van der Waals surface area contributed by atoms with Crippen molar-refractivity contribution in [2.24, 2.45) is 17.6 Å². The number of fused-ring (bicyclic) bond motifs is 3. The number of ether oxygens (including phenoxy) is 2. The number of esters is 1. The molecule has 13 nitrogen and oxygen atoms in total. The van der Waals surface area contributed by atoms with E-state index in [4.69, 9.17) is 15.2 Å². The third-order valence-electron chi connectivity index (χ3n) is 7.92. The van der Waals surface area contributed by atoms with Crippen LogP contribution in [0.3, 0.4) is 0 Å². The minimum absolute atomic E-state index is 0.0415. The van der Waals surface area contributed by atoms with Crippen LogP contribution < -0.4 is 10.6 Å². The smallest absolute Gasteiger partial charge is 0.342 e. The van der Waals surface area contributed by atoms with Gasteiger partial charge in [0.05, 0.1) is 18.2 Å². The zero-order valence-corrected chi connectivity index (χ0v) is 22.8. The zero-order valence-electron chi connectivity index (χ0n) is 22.8. The maximum Gasteiger partial charge on any atom is 0.342 e. The molecule has 1 aromatic rings. The molecule has 0 aromatic heterocycles. The third kappa shape index (κ3) is 4.12. The molecule has 0 saturated heterocycles. The summed E-state index contributed by atoms with van der Waals surface area (Å²) in [5, 5.41) is 45.2. The lowest BCUT2D eigenvalue weighted by Gasteiger charge is -2.50. The highest BCUT2D eigenvalue weighted by Gasteiger charge is 2.64. The van der Waals surface area contributed by atoms with Gasteiger partial charge in [-0.25, -0.2) is 4.79 Å². The molecule has 1 aromatic carbocycles. The van der Waals surface area contributed by atoms with Gasteiger partial charge >= 0.3 is 5.97 Å². The molecule has 0 radical (unpaired) electrons. The van der Waals surface area contributed by atoms with Crippen molar-refractivity contribution in [2.75, 3.05) is 53.4 Å². The van der Waals surface area contributed by atoms with E-state index in [-0.39, 0.29) is 42.8 Å². The Hall–Kier alpha value is -3.94. The second kappa shape index (κ2) is 10.2. The summed E-state index contributed by atoms with van der Waals surface area (Å²) in [6.07, 6.45) is 0.0504. The number of phenols is 1. The number of hydrogen-bond donors (Lipinski definition) is 5. The fraction of sp³-hybridized carbons (Fsp3) is 0.481. The standard InChI is InChI=1S/C27H33N3O10/c1-29(2)15-10-13(26(37)40-7-6-39-5)20(31)17-12(15)8-11-9-14-19(30(3)4)22(33)18(25(28)36)24(35)27(14,38)23(34)16(11)21(17)32/h10-11,14,19,31-32,35,38H,6-9H2,1-5H3,(H2,28,36)/t11-,14-,19-,27-/m0/s1. The molecule has 3 aliphatic carbocycles. The summed E-state index contributed by atoms with van der Waals surface area (Å²) in [5.41, 5.74) is 1.84. The van der Waals surface area contributed by atoms with Crippen LogP contribution in [0.15, 0.2) is 23.0 Å². The van der Waals surface area contributed by atoms with Gasteiger partial charge in [-0.3, -0.25) is 19.3 Å². The predicted molar refractivity (Wildman–Crippen MR) is 141 cm³/mol. The molecule has 3 aliphatic rings. The van der Waals surface area contributed by atoms with Crippen LogP contribution >= 0.6 is 0 Å². The first-order valence-corrected chi connectivity index (χ1v) is 12.6. The number of ketones is 2. The summed E-state index contributed by atoms with van der Waals surface area (Å²) >= 11 is 0. The second-order valence-electron chi connectivity index (χ2n) is 10.6. The van der Waals surface area contributed by atoms with Crippen molar-refractivity contribution in [3.05, 3.63) is 39.7 Å². The van der Waals surface area contributed by atoms with Gasteiger partial charge in [0.25, 0.3) is 5.91 Å². The average molecular weight is 560 g/mol. The molecule has 13 heteroatoms. The van der Waals surface area contributed by atoms with Crippen molar-refractivity contribution in [2.45, 2.75) is 24.5 Å². The summed E-state index contributed by atoms with van der Waals surface area (Å²) in [5.74, 6) is -8.57. The van der Waals surface area contributed by atoms with E-state index in [1.165, 1.54) is 32.2 Å². The Bertz CT molecular complexity index is 1380. The van der Waals surface area contributed by atoms with Crippen LogP contribution in [0.5, 0.6) is 5.75 Å². The lowest BCUT2D eigenvalue weighted by atomic mass is 9.57. The van der Waals surface area contributed by atoms with E-state index in [0.29, 0.717) is 11.3 Å². The molecule has 0 spiro atoms. The molecule has 0 unspecified atom stereocenters. The molecule has 40 heavy (non-hydrogen) atoms. The zero-order chi connectivity index (χ0) is 29.8. The van der Waals surface area contributed by atoms with Gasteiger partial charge in [0, 0.05) is 38.4 Å². The number of phenolic OH excluding ortho intramolecular Hbond substituents is 1. The Morgan fingerprint density at radius 1 is 1.12 bits per heavy atom. The number of likely N-dealkylation sites (N-methyl/N-ethyl adjacent to an activating group) is 1. The molecule has 0 aliphatic heterocycles. The Balaban J connectivity index is 1.95. The summed E-state index contributed by atoms with van der Waals surface area (Å²) < 4.78 is 10.0. The fourth-order valence-electron chi connectivity index (χ4n) is 6.14. The lowest BCUT2D eigenvalue weighted by molar-refractivity contribution is -0.153. The van der Waals surface area contributed by atoms with Crippen LogP contribution in [-0.4, -0.2) is 109 Å². The molecular formula is C27H33N3O10. The number of rotatable bonds is 7. The number of Topliss-reactive ketones (excluding diaryl/α,β-unsaturated/α-hetero) is 2. The fourth-order valence-corrected chi connectivity index (χ4v) is 6.14. The summed E-state index contributed by atoms with van der Waals surface area (Å²) in [4.78, 5) is 55.2. The van der Waals surface area contributed by atoms with E-state index in [2.05, 4.69) is 0 Å². The van der Waals surface area contributed by atoms with Gasteiger partial charge in [-0.15, -0.1) is 0 Å². The predicted octanol–water partition coefficient (Wildman–Crippen LogP) is -0.167. The third-order valence-corrected chi connectivity index (χ3v) is 7.92. The Labute approximate surface area is 230 Å².